The van der Waals surface area contributed by atoms with Crippen LogP contribution in [-0.2, 0) is 10.0 Å². The highest BCUT2D eigenvalue weighted by molar-refractivity contribution is 7.89. The Labute approximate surface area is 208 Å². The number of carbonyl (C=O) groups is 2. The summed E-state index contributed by atoms with van der Waals surface area (Å²) in [6.07, 6.45) is -1.72. The van der Waals surface area contributed by atoms with Crippen molar-refractivity contribution in [2.24, 2.45) is 0 Å². The molecule has 1 aliphatic rings. The summed E-state index contributed by atoms with van der Waals surface area (Å²) >= 11 is 13.4. The van der Waals surface area contributed by atoms with Crippen LogP contribution in [-0.4, -0.2) is 55.3 Å². The summed E-state index contributed by atoms with van der Waals surface area (Å²) < 4.78 is 65.1. The molecule has 0 bridgehead atoms. The maximum Gasteiger partial charge on any atom is 0.404 e. The highest BCUT2D eigenvalue weighted by Crippen LogP contribution is 2.42. The smallest absolute Gasteiger partial charge is 0.335 e. The summed E-state index contributed by atoms with van der Waals surface area (Å²) in [5.41, 5.74) is 0.103. The largest absolute Gasteiger partial charge is 0.404 e. The number of carbonyl (C=O) groups excluding carboxylic acids is 2. The van der Waals surface area contributed by atoms with Gasteiger partial charge in [-0.2, -0.15) is 17.9 Å². The van der Waals surface area contributed by atoms with Gasteiger partial charge in [0.1, 0.15) is 16.6 Å². The highest BCUT2D eigenvalue weighted by atomic mass is 35.5. The van der Waals surface area contributed by atoms with Crippen molar-refractivity contribution in [1.82, 2.24) is 14.6 Å². The maximum atomic E-state index is 13.2. The van der Waals surface area contributed by atoms with Gasteiger partial charge in [0.25, 0.3) is 5.91 Å². The van der Waals surface area contributed by atoms with Gasteiger partial charge in [0.15, 0.2) is 11.3 Å². The van der Waals surface area contributed by atoms with Crippen molar-refractivity contribution in [3.05, 3.63) is 32.9 Å². The van der Waals surface area contributed by atoms with Crippen LogP contribution < -0.4 is 4.72 Å². The summed E-state index contributed by atoms with van der Waals surface area (Å²) in [5, 5.41) is -0.814. The molecule has 1 amide bonds. The van der Waals surface area contributed by atoms with E-state index in [1.807, 2.05) is 6.92 Å². The molecule has 1 saturated heterocycles. The van der Waals surface area contributed by atoms with Crippen LogP contribution in [0, 0.1) is 0 Å². The first-order valence-electron chi connectivity index (χ1n) is 10.1. The first kappa shape index (κ1) is 26.9. The van der Waals surface area contributed by atoms with Crippen LogP contribution in [0.3, 0.4) is 0 Å². The molecule has 0 spiro atoms. The molecule has 1 aromatic carbocycles. The Kier molecular flexibility index (Phi) is 7.98. The van der Waals surface area contributed by atoms with E-state index in [0.29, 0.717) is 19.8 Å². The van der Waals surface area contributed by atoms with Gasteiger partial charge in [-0.05, 0) is 39.2 Å². The summed E-state index contributed by atoms with van der Waals surface area (Å²) in [7, 11) is -4.68. The number of likely N-dealkylation sites (tertiary alicyclic amines) is 1. The third-order valence-electron chi connectivity index (χ3n) is 5.41. The Morgan fingerprint density at radius 3 is 2.56 bits per heavy atom. The van der Waals surface area contributed by atoms with Crippen LogP contribution in [0.15, 0.2) is 17.0 Å². The first-order valence-corrected chi connectivity index (χ1v) is 13.2. The number of hydrogen-bond donors (Lipinski definition) is 1. The standard InChI is InChI=1S/C20H20Cl2F3N3O4S2/c1-10-5-3-4-8-28(10)19(30)17-18(33-14(9-29)26-17)12-6-7-13(16(22)15(12)21)34(31,32)27-11(2)20(23,24)25/h6-7,9-11,27H,3-5,8H2,1-2H3/t10-,11+/m1/s1. The van der Waals surface area contributed by atoms with Gasteiger partial charge in [-0.1, -0.05) is 29.3 Å². The zero-order valence-electron chi connectivity index (χ0n) is 17.9. The van der Waals surface area contributed by atoms with Gasteiger partial charge in [0.05, 0.1) is 14.9 Å². The topological polar surface area (TPSA) is 96.4 Å². The number of hydrogen-bond acceptors (Lipinski definition) is 6. The molecule has 0 radical (unpaired) electrons. The third-order valence-corrected chi connectivity index (χ3v) is 9.01. The van der Waals surface area contributed by atoms with Gasteiger partial charge in [0, 0.05) is 18.2 Å². The number of benzene rings is 1. The fourth-order valence-corrected chi connectivity index (χ4v) is 6.58. The Morgan fingerprint density at radius 2 is 1.97 bits per heavy atom. The van der Waals surface area contributed by atoms with Gasteiger partial charge in [0.2, 0.25) is 10.0 Å². The van der Waals surface area contributed by atoms with Crippen molar-refractivity contribution in [1.29, 1.82) is 0 Å². The van der Waals surface area contributed by atoms with Crippen molar-refractivity contribution in [2.75, 3.05) is 6.54 Å². The van der Waals surface area contributed by atoms with E-state index in [1.54, 1.807) is 4.90 Å². The van der Waals surface area contributed by atoms with Gasteiger partial charge in [-0.15, -0.1) is 11.3 Å². The van der Waals surface area contributed by atoms with Crippen LogP contribution in [0.5, 0.6) is 0 Å². The number of nitrogens with one attached hydrogen (secondary N) is 1. The molecule has 2 aromatic rings. The first-order chi connectivity index (χ1) is 15.8. The maximum absolute atomic E-state index is 13.2. The molecule has 0 saturated carbocycles. The molecule has 14 heteroatoms. The van der Waals surface area contributed by atoms with Crippen molar-refractivity contribution in [2.45, 2.75) is 56.3 Å². The van der Waals surface area contributed by atoms with E-state index in [1.165, 1.54) is 10.8 Å². The molecule has 2 heterocycles. The number of halogens is 5. The summed E-state index contributed by atoms with van der Waals surface area (Å²) in [6.45, 7) is 3.07. The number of aldehydes is 1. The minimum atomic E-state index is -4.81. The number of aromatic nitrogens is 1. The quantitative estimate of drug-likeness (QED) is 0.494. The third kappa shape index (κ3) is 5.40. The lowest BCUT2D eigenvalue weighted by Crippen LogP contribution is -2.43. The zero-order valence-corrected chi connectivity index (χ0v) is 21.1. The molecule has 0 aliphatic carbocycles. The van der Waals surface area contributed by atoms with Crippen LogP contribution in [0.25, 0.3) is 10.4 Å². The molecular formula is C20H20Cl2F3N3O4S2. The van der Waals surface area contributed by atoms with E-state index in [2.05, 4.69) is 4.98 Å². The van der Waals surface area contributed by atoms with E-state index in [9.17, 15) is 31.2 Å². The second-order valence-corrected chi connectivity index (χ2v) is 11.3. The van der Waals surface area contributed by atoms with Crippen molar-refractivity contribution in [3.63, 3.8) is 0 Å². The zero-order chi connectivity index (χ0) is 25.4. The highest BCUT2D eigenvalue weighted by Gasteiger charge is 2.39. The monoisotopic (exact) mass is 557 g/mol. The average molecular weight is 558 g/mol. The normalized spacial score (nSPS) is 18.1. The lowest BCUT2D eigenvalue weighted by Gasteiger charge is -2.33. The van der Waals surface area contributed by atoms with Crippen LogP contribution in [0.4, 0.5) is 13.2 Å². The number of sulfonamides is 1. The van der Waals surface area contributed by atoms with Gasteiger partial charge in [-0.3, -0.25) is 9.59 Å². The molecule has 186 valence electrons. The lowest BCUT2D eigenvalue weighted by atomic mass is 10.0. The Hall–Kier alpha value is -1.73. The summed E-state index contributed by atoms with van der Waals surface area (Å²) in [5.74, 6) is -0.406. The van der Waals surface area contributed by atoms with E-state index >= 15 is 0 Å². The molecular weight excluding hydrogens is 538 g/mol. The van der Waals surface area contributed by atoms with Crippen molar-refractivity contribution < 1.29 is 31.2 Å². The van der Waals surface area contributed by atoms with E-state index in [4.69, 9.17) is 23.2 Å². The molecule has 7 nitrogen and oxygen atoms in total. The Morgan fingerprint density at radius 1 is 1.29 bits per heavy atom. The minimum absolute atomic E-state index is 0.00701. The number of piperidine rings is 1. The number of nitrogens with zero attached hydrogens (tertiary/aromatic N) is 2. The predicted molar refractivity (Wildman–Crippen MR) is 123 cm³/mol. The molecule has 3 rings (SSSR count). The van der Waals surface area contributed by atoms with Crippen molar-refractivity contribution in [3.8, 4) is 10.4 Å². The van der Waals surface area contributed by atoms with Gasteiger partial charge in [-0.25, -0.2) is 13.4 Å². The van der Waals surface area contributed by atoms with E-state index in [-0.39, 0.29) is 32.2 Å². The Bertz CT molecular complexity index is 1220. The van der Waals surface area contributed by atoms with E-state index in [0.717, 1.165) is 36.7 Å². The van der Waals surface area contributed by atoms with Crippen LogP contribution in [0.1, 0.15) is 53.4 Å². The summed E-state index contributed by atoms with van der Waals surface area (Å²) in [4.78, 5) is 29.9. The van der Waals surface area contributed by atoms with Crippen molar-refractivity contribution >= 4 is 56.8 Å². The van der Waals surface area contributed by atoms with Gasteiger partial charge >= 0.3 is 6.18 Å². The molecule has 0 unspecified atom stereocenters. The lowest BCUT2D eigenvalue weighted by molar-refractivity contribution is -0.147. The number of thiazole rings is 1. The van der Waals surface area contributed by atoms with Crippen LogP contribution >= 0.6 is 34.5 Å². The second kappa shape index (κ2) is 10.1. The number of amides is 1. The summed E-state index contributed by atoms with van der Waals surface area (Å²) in [6, 6.07) is -0.185. The second-order valence-electron chi connectivity index (χ2n) is 7.81. The fraction of sp³-hybridized carbons (Fsp3) is 0.450. The molecule has 1 fully saturated rings. The molecule has 1 aliphatic heterocycles. The Balaban J connectivity index is 2.05. The van der Waals surface area contributed by atoms with Crippen LogP contribution in [0.2, 0.25) is 10.0 Å². The van der Waals surface area contributed by atoms with Gasteiger partial charge < -0.3 is 4.90 Å². The fourth-order valence-electron chi connectivity index (χ4n) is 3.53. The predicted octanol–water partition coefficient (Wildman–Crippen LogP) is 5.17. The number of alkyl halides is 3. The minimum Gasteiger partial charge on any atom is -0.335 e. The van der Waals surface area contributed by atoms with E-state index < -0.39 is 38.1 Å². The molecule has 1 aromatic heterocycles. The SMILES string of the molecule is C[C@@H]1CCCCN1C(=O)c1nc(C=O)sc1-c1ccc(S(=O)(=O)N[C@@H](C)C(F)(F)F)c(Cl)c1Cl. The number of rotatable bonds is 6. The molecule has 2 atom stereocenters. The molecule has 1 N–H and O–H groups in total. The average Bonchev–Trinajstić information content (AvgIpc) is 3.18. The molecule has 34 heavy (non-hydrogen) atoms.